The average Bonchev–Trinajstić information content (AvgIpc) is 3.03. The fourth-order valence-corrected chi connectivity index (χ4v) is 4.20. The minimum absolute atomic E-state index is 0.247. The van der Waals surface area contributed by atoms with Crippen molar-refractivity contribution in [2.24, 2.45) is 0 Å². The highest BCUT2D eigenvalue weighted by atomic mass is 35.5. The van der Waals surface area contributed by atoms with Crippen molar-refractivity contribution in [3.05, 3.63) is 59.2 Å². The molecule has 3 aromatic rings. The predicted octanol–water partition coefficient (Wildman–Crippen LogP) is 3.98. The molecule has 1 unspecified atom stereocenters. The van der Waals surface area contributed by atoms with Crippen LogP contribution < -0.4 is 4.74 Å². The van der Waals surface area contributed by atoms with Gasteiger partial charge in [-0.3, -0.25) is 4.79 Å². The lowest BCUT2D eigenvalue weighted by atomic mass is 10.1. The molecule has 0 N–H and O–H groups in total. The first-order valence-corrected chi connectivity index (χ1v) is 9.44. The highest BCUT2D eigenvalue weighted by Gasteiger charge is 2.21. The third kappa shape index (κ3) is 3.82. The molecule has 0 fully saturated rings. The first-order valence-electron chi connectivity index (χ1n) is 7.96. The van der Waals surface area contributed by atoms with Crippen LogP contribution in [0.2, 0.25) is 5.02 Å². The van der Waals surface area contributed by atoms with Crippen molar-refractivity contribution in [1.82, 2.24) is 3.97 Å². The van der Waals surface area contributed by atoms with Gasteiger partial charge in [-0.15, -0.1) is 0 Å². The number of hydrogen-bond donors (Lipinski definition) is 0. The van der Waals surface area contributed by atoms with Gasteiger partial charge in [0.15, 0.2) is 4.90 Å². The van der Waals surface area contributed by atoms with E-state index >= 15 is 0 Å². The Labute approximate surface area is 159 Å². The molecule has 0 saturated carbocycles. The number of methoxy groups -OCH3 is 2. The SMILES string of the molecule is COC(=O)CCc1cn([S+]([O-])c2cccc(Cl)c2)c2ccc(OC)cc12. The third-order valence-electron chi connectivity index (χ3n) is 4.06. The molecular weight excluding hydrogens is 374 g/mol. The summed E-state index contributed by atoms with van der Waals surface area (Å²) >= 11 is 4.57. The van der Waals surface area contributed by atoms with Crippen molar-refractivity contribution in [3.63, 3.8) is 0 Å². The lowest BCUT2D eigenvalue weighted by molar-refractivity contribution is -0.140. The molecule has 0 aliphatic carbocycles. The van der Waals surface area contributed by atoms with E-state index in [1.165, 1.54) is 7.11 Å². The van der Waals surface area contributed by atoms with E-state index in [0.29, 0.717) is 22.1 Å². The topological polar surface area (TPSA) is 63.5 Å². The summed E-state index contributed by atoms with van der Waals surface area (Å²) in [6, 6.07) is 12.5. The number of fused-ring (bicyclic) bond motifs is 1. The second kappa shape index (κ2) is 8.03. The Morgan fingerprint density at radius 1 is 1.23 bits per heavy atom. The Hall–Kier alpha value is -2.15. The molecule has 2 aromatic carbocycles. The van der Waals surface area contributed by atoms with Gasteiger partial charge in [-0.2, -0.15) is 3.97 Å². The summed E-state index contributed by atoms with van der Waals surface area (Å²) in [6.45, 7) is 0. The Morgan fingerprint density at radius 3 is 2.73 bits per heavy atom. The molecule has 3 rings (SSSR count). The largest absolute Gasteiger partial charge is 0.587 e. The fraction of sp³-hybridized carbons (Fsp3) is 0.211. The van der Waals surface area contributed by atoms with E-state index in [2.05, 4.69) is 0 Å². The molecule has 1 aromatic heterocycles. The van der Waals surface area contributed by atoms with Gasteiger partial charge in [-0.05, 0) is 42.3 Å². The van der Waals surface area contributed by atoms with Gasteiger partial charge in [-0.1, -0.05) is 17.7 Å². The molecule has 0 amide bonds. The third-order valence-corrected chi connectivity index (χ3v) is 5.61. The summed E-state index contributed by atoms with van der Waals surface area (Å²) in [5, 5.41) is 1.42. The number of rotatable bonds is 6. The fourth-order valence-electron chi connectivity index (χ4n) is 2.74. The van der Waals surface area contributed by atoms with Gasteiger partial charge in [0.25, 0.3) is 0 Å². The lowest BCUT2D eigenvalue weighted by Gasteiger charge is -2.11. The van der Waals surface area contributed by atoms with Crippen LogP contribution >= 0.6 is 11.6 Å². The minimum atomic E-state index is -1.46. The number of hydrogen-bond acceptors (Lipinski definition) is 4. The highest BCUT2D eigenvalue weighted by molar-refractivity contribution is 7.90. The molecule has 26 heavy (non-hydrogen) atoms. The zero-order chi connectivity index (χ0) is 18.7. The smallest absolute Gasteiger partial charge is 0.305 e. The molecule has 5 nitrogen and oxygen atoms in total. The van der Waals surface area contributed by atoms with E-state index in [-0.39, 0.29) is 12.4 Å². The van der Waals surface area contributed by atoms with Crippen LogP contribution in [0.15, 0.2) is 53.6 Å². The molecular formula is C19H18ClNO4S. The standard InChI is InChI=1S/C19H18ClNO4S/c1-24-15-7-8-18-17(11-15)13(6-9-19(22)25-2)12-21(18)26(23)16-5-3-4-14(20)10-16/h3-5,7-8,10-12H,6,9H2,1-2H3. The average molecular weight is 392 g/mol. The molecule has 1 atom stereocenters. The predicted molar refractivity (Wildman–Crippen MR) is 102 cm³/mol. The van der Waals surface area contributed by atoms with Crippen LogP contribution in [0.25, 0.3) is 10.9 Å². The second-order valence-electron chi connectivity index (χ2n) is 5.65. The molecule has 0 saturated heterocycles. The second-order valence-corrected chi connectivity index (χ2v) is 7.45. The summed E-state index contributed by atoms with van der Waals surface area (Å²) in [5.41, 5.74) is 1.70. The highest BCUT2D eigenvalue weighted by Crippen LogP contribution is 2.30. The number of benzene rings is 2. The Morgan fingerprint density at radius 2 is 2.04 bits per heavy atom. The maximum Gasteiger partial charge on any atom is 0.305 e. The molecule has 0 bridgehead atoms. The van der Waals surface area contributed by atoms with Crippen LogP contribution in [-0.4, -0.2) is 28.7 Å². The van der Waals surface area contributed by atoms with Gasteiger partial charge in [0.1, 0.15) is 17.1 Å². The molecule has 0 spiro atoms. The number of esters is 1. The van der Waals surface area contributed by atoms with E-state index < -0.39 is 11.4 Å². The van der Waals surface area contributed by atoms with Gasteiger partial charge in [0.2, 0.25) is 0 Å². The van der Waals surface area contributed by atoms with E-state index in [0.717, 1.165) is 16.5 Å². The van der Waals surface area contributed by atoms with Gasteiger partial charge in [0, 0.05) is 22.9 Å². The molecule has 0 aliphatic rings. The molecule has 0 radical (unpaired) electrons. The minimum Gasteiger partial charge on any atom is -0.587 e. The number of aryl methyl sites for hydroxylation is 1. The van der Waals surface area contributed by atoms with Crippen molar-refractivity contribution in [2.75, 3.05) is 14.2 Å². The van der Waals surface area contributed by atoms with Gasteiger partial charge >= 0.3 is 5.97 Å². The maximum absolute atomic E-state index is 13.1. The van der Waals surface area contributed by atoms with Crippen LogP contribution in [0.4, 0.5) is 0 Å². The van der Waals surface area contributed by atoms with E-state index in [4.69, 9.17) is 21.1 Å². The monoisotopic (exact) mass is 391 g/mol. The Bertz CT molecular complexity index is 940. The molecule has 1 heterocycles. The number of nitrogens with zero attached hydrogens (tertiary/aromatic N) is 1. The summed E-state index contributed by atoms with van der Waals surface area (Å²) in [7, 11) is 2.96. The zero-order valence-electron chi connectivity index (χ0n) is 14.4. The Balaban J connectivity index is 2.05. The number of carbonyl (C=O) groups is 1. The van der Waals surface area contributed by atoms with Crippen LogP contribution in [0.5, 0.6) is 5.75 Å². The van der Waals surface area contributed by atoms with Gasteiger partial charge < -0.3 is 14.0 Å². The van der Waals surface area contributed by atoms with Crippen LogP contribution in [0.1, 0.15) is 12.0 Å². The summed E-state index contributed by atoms with van der Waals surface area (Å²) in [6.07, 6.45) is 2.54. The number of halogens is 1. The molecule has 0 aliphatic heterocycles. The maximum atomic E-state index is 13.1. The van der Waals surface area contributed by atoms with Crippen LogP contribution in [-0.2, 0) is 27.3 Å². The number of ether oxygens (including phenoxy) is 2. The lowest BCUT2D eigenvalue weighted by Crippen LogP contribution is -2.11. The van der Waals surface area contributed by atoms with Crippen molar-refractivity contribution in [1.29, 1.82) is 0 Å². The number of aromatic nitrogens is 1. The Kier molecular flexibility index (Phi) is 5.76. The van der Waals surface area contributed by atoms with Crippen molar-refractivity contribution < 1.29 is 18.8 Å². The van der Waals surface area contributed by atoms with Gasteiger partial charge in [-0.25, -0.2) is 0 Å². The van der Waals surface area contributed by atoms with Gasteiger partial charge in [0.05, 0.1) is 25.9 Å². The van der Waals surface area contributed by atoms with Crippen molar-refractivity contribution >= 4 is 39.8 Å². The summed E-state index contributed by atoms with van der Waals surface area (Å²) in [5.74, 6) is 0.410. The quantitative estimate of drug-likeness (QED) is 0.471. The molecule has 136 valence electrons. The van der Waals surface area contributed by atoms with E-state index in [1.807, 2.05) is 24.4 Å². The summed E-state index contributed by atoms with van der Waals surface area (Å²) in [4.78, 5) is 12.1. The first-order chi connectivity index (χ1) is 12.5. The zero-order valence-corrected chi connectivity index (χ0v) is 16.0. The number of carbonyl (C=O) groups excluding carboxylic acids is 1. The van der Waals surface area contributed by atoms with Crippen molar-refractivity contribution in [3.8, 4) is 5.75 Å². The van der Waals surface area contributed by atoms with E-state index in [1.54, 1.807) is 35.3 Å². The van der Waals surface area contributed by atoms with Crippen LogP contribution in [0.3, 0.4) is 0 Å². The van der Waals surface area contributed by atoms with Crippen LogP contribution in [0, 0.1) is 0 Å². The van der Waals surface area contributed by atoms with Crippen molar-refractivity contribution in [2.45, 2.75) is 17.7 Å². The molecule has 7 heteroatoms. The first kappa shape index (κ1) is 18.6. The van der Waals surface area contributed by atoms with E-state index in [9.17, 15) is 9.35 Å². The summed E-state index contributed by atoms with van der Waals surface area (Å²) < 4.78 is 24.8. The normalized spacial score (nSPS) is 12.2.